The minimum Gasteiger partial charge on any atom is -0.466 e. The summed E-state index contributed by atoms with van der Waals surface area (Å²) in [6, 6.07) is 9.87. The molecule has 1 aromatic rings. The van der Waals surface area contributed by atoms with E-state index in [0.717, 1.165) is 5.56 Å². The number of aliphatic hydroxyl groups excluding tert-OH is 1. The van der Waals surface area contributed by atoms with E-state index in [-0.39, 0.29) is 17.5 Å². The highest BCUT2D eigenvalue weighted by Crippen LogP contribution is 2.23. The van der Waals surface area contributed by atoms with E-state index in [1.165, 1.54) is 11.8 Å². The zero-order valence-electron chi connectivity index (χ0n) is 13.9. The molecule has 0 spiro atoms. The van der Waals surface area contributed by atoms with E-state index in [4.69, 9.17) is 4.74 Å². The average Bonchev–Trinajstić information content (AvgIpc) is 2.54. The first kappa shape index (κ1) is 19.7. The minimum absolute atomic E-state index is 0.0441. The Hall–Kier alpha value is -1.33. The molecular formula is C18H26O4S. The third kappa shape index (κ3) is 7.66. The van der Waals surface area contributed by atoms with Crippen LogP contribution in [0.4, 0.5) is 0 Å². The summed E-state index contributed by atoms with van der Waals surface area (Å²) in [4.78, 5) is 23.7. The molecule has 0 aliphatic rings. The summed E-state index contributed by atoms with van der Waals surface area (Å²) in [6.07, 6.45) is 0.976. The second-order valence-electron chi connectivity index (χ2n) is 5.29. The molecule has 0 amide bonds. The van der Waals surface area contributed by atoms with Crippen LogP contribution in [0.15, 0.2) is 30.3 Å². The number of thioether (sulfide) groups is 1. The Morgan fingerprint density at radius 3 is 2.48 bits per heavy atom. The highest BCUT2D eigenvalue weighted by molar-refractivity contribution is 8.13. The predicted octanol–water partition coefficient (Wildman–Crippen LogP) is 3.22. The summed E-state index contributed by atoms with van der Waals surface area (Å²) >= 11 is 1.20. The van der Waals surface area contributed by atoms with Gasteiger partial charge in [0.2, 0.25) is 0 Å². The molecular weight excluding hydrogens is 312 g/mol. The Morgan fingerprint density at radius 2 is 1.87 bits per heavy atom. The van der Waals surface area contributed by atoms with Gasteiger partial charge in [-0.2, -0.15) is 0 Å². The summed E-state index contributed by atoms with van der Waals surface area (Å²) in [6.45, 7) is 3.99. The molecule has 0 saturated heterocycles. The van der Waals surface area contributed by atoms with E-state index in [1.54, 1.807) is 6.92 Å². The lowest BCUT2D eigenvalue weighted by molar-refractivity contribution is -0.143. The van der Waals surface area contributed by atoms with Crippen LogP contribution < -0.4 is 0 Å². The van der Waals surface area contributed by atoms with Crippen LogP contribution in [-0.2, 0) is 20.7 Å². The number of hydrogen-bond donors (Lipinski definition) is 1. The molecule has 0 saturated carbocycles. The number of carbonyl (C=O) groups is 2. The van der Waals surface area contributed by atoms with E-state index < -0.39 is 12.0 Å². The quantitative estimate of drug-likeness (QED) is 0.664. The minimum atomic E-state index is -0.740. The van der Waals surface area contributed by atoms with E-state index in [1.807, 2.05) is 37.3 Å². The van der Waals surface area contributed by atoms with Crippen LogP contribution in [-0.4, -0.2) is 34.7 Å². The van der Waals surface area contributed by atoms with Crippen LogP contribution in [0.25, 0.3) is 0 Å². The lowest BCUT2D eigenvalue weighted by atomic mass is 9.93. The molecule has 23 heavy (non-hydrogen) atoms. The molecule has 0 aromatic heterocycles. The Morgan fingerprint density at radius 1 is 1.17 bits per heavy atom. The van der Waals surface area contributed by atoms with Gasteiger partial charge in [0.1, 0.15) is 0 Å². The third-order valence-corrected chi connectivity index (χ3v) is 4.47. The molecule has 4 nitrogen and oxygen atoms in total. The van der Waals surface area contributed by atoms with E-state index in [0.29, 0.717) is 31.6 Å². The van der Waals surface area contributed by atoms with Crippen LogP contribution >= 0.6 is 11.8 Å². The summed E-state index contributed by atoms with van der Waals surface area (Å²) in [7, 11) is 0. The number of aryl methyl sites for hydroxylation is 1. The van der Waals surface area contributed by atoms with Crippen molar-refractivity contribution >= 4 is 22.8 Å². The van der Waals surface area contributed by atoms with Crippen LogP contribution in [0.3, 0.4) is 0 Å². The van der Waals surface area contributed by atoms with Gasteiger partial charge in [0.25, 0.3) is 0 Å². The zero-order chi connectivity index (χ0) is 17.1. The first-order valence-electron chi connectivity index (χ1n) is 8.12. The van der Waals surface area contributed by atoms with Crippen molar-refractivity contribution in [2.45, 2.75) is 45.6 Å². The van der Waals surface area contributed by atoms with Gasteiger partial charge in [0.15, 0.2) is 5.12 Å². The van der Waals surface area contributed by atoms with Gasteiger partial charge in [0, 0.05) is 6.42 Å². The van der Waals surface area contributed by atoms with Gasteiger partial charge in [-0.1, -0.05) is 49.0 Å². The van der Waals surface area contributed by atoms with Gasteiger partial charge in [-0.25, -0.2) is 0 Å². The van der Waals surface area contributed by atoms with Crippen molar-refractivity contribution in [2.24, 2.45) is 5.92 Å². The monoisotopic (exact) mass is 338 g/mol. The summed E-state index contributed by atoms with van der Waals surface area (Å²) in [5.74, 6) is -0.171. The summed E-state index contributed by atoms with van der Waals surface area (Å²) in [5, 5.41) is 10.4. The molecule has 0 heterocycles. The SMILES string of the molecule is CCOC(=O)CC[C@@H](C(=O)SCC)[C@@H](O)CCc1ccccc1. The highest BCUT2D eigenvalue weighted by atomic mass is 32.2. The van der Waals surface area contributed by atoms with Crippen LogP contribution in [0.5, 0.6) is 0 Å². The molecule has 0 aliphatic carbocycles. The fourth-order valence-electron chi connectivity index (χ4n) is 2.38. The second kappa shape index (κ2) is 11.2. The maximum atomic E-state index is 12.2. The topological polar surface area (TPSA) is 63.6 Å². The maximum absolute atomic E-state index is 12.2. The molecule has 1 aromatic carbocycles. The molecule has 1 rings (SSSR count). The molecule has 0 aliphatic heterocycles. The molecule has 0 radical (unpaired) electrons. The number of benzene rings is 1. The van der Waals surface area contributed by atoms with Crippen molar-refractivity contribution in [1.82, 2.24) is 0 Å². The van der Waals surface area contributed by atoms with Crippen molar-refractivity contribution in [3.8, 4) is 0 Å². The lowest BCUT2D eigenvalue weighted by Gasteiger charge is -2.21. The predicted molar refractivity (Wildman–Crippen MR) is 93.3 cm³/mol. The first-order valence-corrected chi connectivity index (χ1v) is 9.11. The number of rotatable bonds is 10. The molecule has 128 valence electrons. The van der Waals surface area contributed by atoms with Crippen LogP contribution in [0.2, 0.25) is 0 Å². The normalized spacial score (nSPS) is 13.3. The number of hydrogen-bond acceptors (Lipinski definition) is 5. The smallest absolute Gasteiger partial charge is 0.305 e. The Bertz CT molecular complexity index is 475. The lowest BCUT2D eigenvalue weighted by Crippen LogP contribution is -2.28. The molecule has 2 atom stereocenters. The van der Waals surface area contributed by atoms with E-state index >= 15 is 0 Å². The van der Waals surface area contributed by atoms with Crippen molar-refractivity contribution in [3.05, 3.63) is 35.9 Å². The standard InChI is InChI=1S/C18H26O4S/c1-3-22-17(20)13-11-15(18(21)23-4-2)16(19)12-10-14-8-6-5-7-9-14/h5-9,15-16,19H,3-4,10-13H2,1-2H3/t15-,16+/m1/s1. The molecule has 0 fully saturated rings. The van der Waals surface area contributed by atoms with Gasteiger partial charge in [0.05, 0.1) is 18.6 Å². The Labute approximate surface area is 142 Å². The van der Waals surface area contributed by atoms with E-state index in [9.17, 15) is 14.7 Å². The maximum Gasteiger partial charge on any atom is 0.305 e. The first-order chi connectivity index (χ1) is 11.1. The summed E-state index contributed by atoms with van der Waals surface area (Å²) < 4.78 is 4.90. The van der Waals surface area contributed by atoms with Gasteiger partial charge in [-0.05, 0) is 37.5 Å². The van der Waals surface area contributed by atoms with Gasteiger partial charge >= 0.3 is 5.97 Å². The van der Waals surface area contributed by atoms with Crippen molar-refractivity contribution in [3.63, 3.8) is 0 Å². The molecule has 0 unspecified atom stereocenters. The van der Waals surface area contributed by atoms with Crippen LogP contribution in [0.1, 0.15) is 38.7 Å². The van der Waals surface area contributed by atoms with Gasteiger partial charge in [-0.3, -0.25) is 9.59 Å². The molecule has 0 bridgehead atoms. The Kier molecular flexibility index (Phi) is 9.64. The highest BCUT2D eigenvalue weighted by Gasteiger charge is 2.27. The largest absolute Gasteiger partial charge is 0.466 e. The number of carbonyl (C=O) groups excluding carboxylic acids is 2. The second-order valence-corrected chi connectivity index (χ2v) is 6.56. The van der Waals surface area contributed by atoms with E-state index in [2.05, 4.69) is 0 Å². The fourth-order valence-corrected chi connectivity index (χ4v) is 3.16. The molecule has 5 heteroatoms. The zero-order valence-corrected chi connectivity index (χ0v) is 14.7. The average molecular weight is 338 g/mol. The van der Waals surface area contributed by atoms with Crippen molar-refractivity contribution in [2.75, 3.05) is 12.4 Å². The van der Waals surface area contributed by atoms with Crippen molar-refractivity contribution in [1.29, 1.82) is 0 Å². The number of aliphatic hydroxyl groups is 1. The van der Waals surface area contributed by atoms with Crippen LogP contribution in [0, 0.1) is 5.92 Å². The molecule has 1 N–H and O–H groups in total. The number of ether oxygens (including phenoxy) is 1. The summed E-state index contributed by atoms with van der Waals surface area (Å²) in [5.41, 5.74) is 1.13. The van der Waals surface area contributed by atoms with Crippen molar-refractivity contribution < 1.29 is 19.4 Å². The van der Waals surface area contributed by atoms with Gasteiger partial charge < -0.3 is 9.84 Å². The van der Waals surface area contributed by atoms with Gasteiger partial charge in [-0.15, -0.1) is 0 Å². The Balaban J connectivity index is 2.58. The fraction of sp³-hybridized carbons (Fsp3) is 0.556. The third-order valence-electron chi connectivity index (χ3n) is 3.59. The number of esters is 1.